The number of benzene rings is 1. The predicted octanol–water partition coefficient (Wildman–Crippen LogP) is 1.93. The average Bonchev–Trinajstić information content (AvgIpc) is 3.14. The molecule has 1 saturated carbocycles. The number of nitrogens with zero attached hydrogens (tertiary/aromatic N) is 1. The molecule has 1 aromatic rings. The van der Waals surface area contributed by atoms with E-state index < -0.39 is 5.79 Å². The molecule has 3 aliphatic rings. The van der Waals surface area contributed by atoms with Crippen molar-refractivity contribution in [3.05, 3.63) is 18.2 Å². The van der Waals surface area contributed by atoms with Crippen molar-refractivity contribution in [2.75, 3.05) is 5.32 Å². The monoisotopic (exact) mass is 315 g/mol. The van der Waals surface area contributed by atoms with Gasteiger partial charge in [0.15, 0.2) is 11.5 Å². The van der Waals surface area contributed by atoms with Gasteiger partial charge in [0.05, 0.1) is 0 Å². The van der Waals surface area contributed by atoms with Crippen molar-refractivity contribution in [3.63, 3.8) is 0 Å². The lowest BCUT2D eigenvalue weighted by Crippen LogP contribution is -2.34. The number of ether oxygens (including phenoxy) is 2. The zero-order valence-corrected chi connectivity index (χ0v) is 12.6. The van der Waals surface area contributed by atoms with E-state index in [0.717, 1.165) is 25.7 Å². The number of carbonyl (C=O) groups excluding carboxylic acids is 2. The summed E-state index contributed by atoms with van der Waals surface area (Å²) in [6, 6.07) is 5.35. The molecule has 23 heavy (non-hydrogen) atoms. The van der Waals surface area contributed by atoms with E-state index in [0.29, 0.717) is 29.3 Å². The number of nitrogens with one attached hydrogen (secondary N) is 2. The van der Waals surface area contributed by atoms with Crippen LogP contribution in [0.15, 0.2) is 23.3 Å². The second-order valence-corrected chi connectivity index (χ2v) is 6.03. The molecule has 1 aromatic carbocycles. The van der Waals surface area contributed by atoms with Gasteiger partial charge in [-0.2, -0.15) is 5.10 Å². The van der Waals surface area contributed by atoms with Gasteiger partial charge in [-0.05, 0) is 25.0 Å². The molecule has 2 amide bonds. The number of hydrazone groups is 1. The molecule has 1 spiro atoms. The summed E-state index contributed by atoms with van der Waals surface area (Å²) in [5.41, 5.74) is 3.25. The molecule has 2 N–H and O–H groups in total. The van der Waals surface area contributed by atoms with Gasteiger partial charge in [-0.1, -0.05) is 0 Å². The summed E-state index contributed by atoms with van der Waals surface area (Å²) in [5, 5.41) is 6.56. The fourth-order valence-corrected chi connectivity index (χ4v) is 3.13. The summed E-state index contributed by atoms with van der Waals surface area (Å²) >= 11 is 0. The van der Waals surface area contributed by atoms with Gasteiger partial charge in [-0.25, -0.2) is 5.43 Å². The minimum atomic E-state index is -0.511. The molecule has 2 aliphatic heterocycles. The van der Waals surface area contributed by atoms with Gasteiger partial charge in [-0.3, -0.25) is 9.59 Å². The van der Waals surface area contributed by atoms with Crippen molar-refractivity contribution in [1.29, 1.82) is 0 Å². The largest absolute Gasteiger partial charge is 0.448 e. The van der Waals surface area contributed by atoms with Crippen LogP contribution in [0.25, 0.3) is 0 Å². The van der Waals surface area contributed by atoms with Gasteiger partial charge < -0.3 is 14.8 Å². The predicted molar refractivity (Wildman–Crippen MR) is 82.3 cm³/mol. The van der Waals surface area contributed by atoms with E-state index >= 15 is 0 Å². The highest BCUT2D eigenvalue weighted by Gasteiger charge is 2.44. The highest BCUT2D eigenvalue weighted by molar-refractivity contribution is 6.43. The number of anilines is 1. The van der Waals surface area contributed by atoms with Gasteiger partial charge >= 0.3 is 0 Å². The Morgan fingerprint density at radius 1 is 1.17 bits per heavy atom. The lowest BCUT2D eigenvalue weighted by molar-refractivity contribution is -0.121. The van der Waals surface area contributed by atoms with Crippen molar-refractivity contribution in [2.45, 2.75) is 44.3 Å². The van der Waals surface area contributed by atoms with E-state index in [1.807, 2.05) is 6.07 Å². The van der Waals surface area contributed by atoms with Crippen LogP contribution in [-0.2, 0) is 9.59 Å². The SMILES string of the molecule is O=C1CCC(C(=O)Nc2ccc3c(c2)OC2(CCCC2)O3)=NN1. The minimum absolute atomic E-state index is 0.175. The summed E-state index contributed by atoms with van der Waals surface area (Å²) in [6.07, 6.45) is 4.59. The molecule has 0 atom stereocenters. The Labute approximate surface area is 133 Å². The first-order chi connectivity index (χ1) is 11.1. The van der Waals surface area contributed by atoms with E-state index in [4.69, 9.17) is 9.47 Å². The first kappa shape index (κ1) is 14.0. The highest BCUT2D eigenvalue weighted by Crippen LogP contribution is 2.47. The van der Waals surface area contributed by atoms with Gasteiger partial charge in [0.1, 0.15) is 5.71 Å². The van der Waals surface area contributed by atoms with Crippen LogP contribution in [0.3, 0.4) is 0 Å². The Bertz CT molecular complexity index is 707. The zero-order valence-electron chi connectivity index (χ0n) is 12.6. The highest BCUT2D eigenvalue weighted by atomic mass is 16.7. The second-order valence-electron chi connectivity index (χ2n) is 6.03. The molecular formula is C16H17N3O4. The molecule has 0 bridgehead atoms. The van der Waals surface area contributed by atoms with Crippen LogP contribution in [-0.4, -0.2) is 23.3 Å². The Kier molecular flexibility index (Phi) is 3.21. The van der Waals surface area contributed by atoms with E-state index in [1.54, 1.807) is 12.1 Å². The Morgan fingerprint density at radius 2 is 1.96 bits per heavy atom. The van der Waals surface area contributed by atoms with Crippen LogP contribution >= 0.6 is 0 Å². The molecular weight excluding hydrogens is 298 g/mol. The maximum atomic E-state index is 12.2. The van der Waals surface area contributed by atoms with Crippen LogP contribution < -0.4 is 20.2 Å². The van der Waals surface area contributed by atoms with Crippen molar-refractivity contribution in [2.24, 2.45) is 5.10 Å². The summed E-state index contributed by atoms with van der Waals surface area (Å²) in [7, 11) is 0. The number of amides is 2. The Morgan fingerprint density at radius 3 is 2.70 bits per heavy atom. The van der Waals surface area contributed by atoms with Crippen LogP contribution in [0.2, 0.25) is 0 Å². The molecule has 120 valence electrons. The van der Waals surface area contributed by atoms with Gasteiger partial charge in [0, 0.05) is 37.4 Å². The number of fused-ring (bicyclic) bond motifs is 1. The van der Waals surface area contributed by atoms with Crippen molar-refractivity contribution in [3.8, 4) is 11.5 Å². The number of rotatable bonds is 2. The molecule has 1 fully saturated rings. The topological polar surface area (TPSA) is 89.0 Å². The molecule has 0 saturated heterocycles. The van der Waals surface area contributed by atoms with Crippen molar-refractivity contribution in [1.82, 2.24) is 5.43 Å². The normalized spacial score (nSPS) is 21.0. The quantitative estimate of drug-likeness (QED) is 0.873. The lowest BCUT2D eigenvalue weighted by Gasteiger charge is -2.21. The van der Waals surface area contributed by atoms with Gasteiger partial charge in [0.2, 0.25) is 5.91 Å². The van der Waals surface area contributed by atoms with E-state index in [1.165, 1.54) is 0 Å². The molecule has 4 rings (SSSR count). The third-order valence-corrected chi connectivity index (χ3v) is 4.33. The van der Waals surface area contributed by atoms with Crippen LogP contribution in [0.4, 0.5) is 5.69 Å². The van der Waals surface area contributed by atoms with Gasteiger partial charge in [-0.15, -0.1) is 0 Å². The van der Waals surface area contributed by atoms with Crippen LogP contribution in [0.5, 0.6) is 11.5 Å². The third kappa shape index (κ3) is 2.62. The number of carbonyl (C=O) groups is 2. The van der Waals surface area contributed by atoms with E-state index in [9.17, 15) is 9.59 Å². The van der Waals surface area contributed by atoms with Crippen LogP contribution in [0, 0.1) is 0 Å². The molecule has 7 nitrogen and oxygen atoms in total. The molecule has 2 heterocycles. The van der Waals surface area contributed by atoms with E-state index in [2.05, 4.69) is 15.8 Å². The second kappa shape index (κ2) is 5.26. The smallest absolute Gasteiger partial charge is 0.271 e. The van der Waals surface area contributed by atoms with E-state index in [-0.39, 0.29) is 18.2 Å². The maximum Gasteiger partial charge on any atom is 0.271 e. The number of hydrogen-bond donors (Lipinski definition) is 2. The summed E-state index contributed by atoms with van der Waals surface area (Å²) in [4.78, 5) is 23.2. The third-order valence-electron chi connectivity index (χ3n) is 4.33. The van der Waals surface area contributed by atoms with Crippen molar-refractivity contribution >= 4 is 23.2 Å². The number of hydrogen-bond acceptors (Lipinski definition) is 5. The first-order valence-corrected chi connectivity index (χ1v) is 7.82. The maximum absolute atomic E-state index is 12.2. The fourth-order valence-electron chi connectivity index (χ4n) is 3.13. The standard InChI is InChI=1S/C16H17N3O4/c20-14-6-4-11(18-19-14)15(21)17-10-3-5-12-13(9-10)23-16(22-12)7-1-2-8-16/h3,5,9H,1-2,4,6-8H2,(H,17,21)(H,19,20). The lowest BCUT2D eigenvalue weighted by atomic mass is 10.1. The first-order valence-electron chi connectivity index (χ1n) is 7.82. The van der Waals surface area contributed by atoms with Crippen molar-refractivity contribution < 1.29 is 19.1 Å². The summed E-state index contributed by atoms with van der Waals surface area (Å²) in [6.45, 7) is 0. The van der Waals surface area contributed by atoms with Gasteiger partial charge in [0.25, 0.3) is 11.7 Å². The summed E-state index contributed by atoms with van der Waals surface area (Å²) < 4.78 is 11.9. The Balaban J connectivity index is 1.47. The molecule has 0 unspecified atom stereocenters. The molecule has 7 heteroatoms. The fraction of sp³-hybridized carbons (Fsp3) is 0.438. The molecule has 0 radical (unpaired) electrons. The minimum Gasteiger partial charge on any atom is -0.448 e. The van der Waals surface area contributed by atoms with Crippen LogP contribution in [0.1, 0.15) is 38.5 Å². The average molecular weight is 315 g/mol. The Hall–Kier alpha value is -2.57. The zero-order chi connectivity index (χ0) is 15.9. The summed E-state index contributed by atoms with van der Waals surface area (Å²) in [5.74, 6) is 0.365. The molecule has 0 aromatic heterocycles. The molecule has 1 aliphatic carbocycles.